The average molecular weight is 552 g/mol. The number of hydrogen-bond donors (Lipinski definition) is 2. The van der Waals surface area contributed by atoms with Crippen LogP contribution < -0.4 is 11.1 Å². The van der Waals surface area contributed by atoms with E-state index in [1.165, 1.54) is 44.1 Å². The Hall–Kier alpha value is -1.36. The molecule has 5 nitrogen and oxygen atoms in total. The number of urea groups is 1. The van der Waals surface area contributed by atoms with E-state index in [1.54, 1.807) is 5.57 Å². The van der Waals surface area contributed by atoms with Crippen LogP contribution in [0.5, 0.6) is 0 Å². The van der Waals surface area contributed by atoms with Gasteiger partial charge in [0, 0.05) is 31.6 Å². The maximum absolute atomic E-state index is 13.6. The zero-order valence-corrected chi connectivity index (χ0v) is 26.8. The summed E-state index contributed by atoms with van der Waals surface area (Å²) >= 11 is 0. The molecule has 224 valence electrons. The molecule has 1 heterocycles. The summed E-state index contributed by atoms with van der Waals surface area (Å²) in [6.45, 7) is 21.2. The minimum atomic E-state index is 0.0573. The molecule has 0 aromatic carbocycles. The van der Waals surface area contributed by atoms with Crippen molar-refractivity contribution in [1.82, 2.24) is 10.2 Å². The Balaban J connectivity index is 1.39. The van der Waals surface area contributed by atoms with E-state index in [1.807, 2.05) is 4.90 Å². The van der Waals surface area contributed by atoms with Crippen LogP contribution in [0.4, 0.5) is 4.79 Å². The first-order valence-corrected chi connectivity index (χ1v) is 16.7. The maximum Gasteiger partial charge on any atom is 0.317 e. The molecule has 6 rings (SSSR count). The Bertz CT molecular complexity index is 1130. The number of rotatable bonds is 2. The van der Waals surface area contributed by atoms with Gasteiger partial charge in [-0.1, -0.05) is 61.0 Å². The molecule has 5 fully saturated rings. The molecule has 5 heteroatoms. The van der Waals surface area contributed by atoms with E-state index in [-0.39, 0.29) is 45.2 Å². The second-order valence-electron chi connectivity index (χ2n) is 17.1. The van der Waals surface area contributed by atoms with E-state index in [0.717, 1.165) is 32.2 Å². The van der Waals surface area contributed by atoms with Gasteiger partial charge in [-0.25, -0.2) is 4.79 Å². The summed E-state index contributed by atoms with van der Waals surface area (Å²) in [5.74, 6) is 2.41. The Morgan fingerprint density at radius 2 is 1.62 bits per heavy atom. The standard InChI is InChI=1S/C35H57N3O2/c1-21(2)28-24(39)19-32(5)16-17-33(6)23(29(28)32)9-10-26-34(33,7)15-11-25-31(3,4)14-12-27(35(25,26)8)37-30(40)38-18-13-22(36)20-38/h21-23,25-27H,9-20,36H2,1-8H3,(H,37,40)/t22-,23+,25-,26-,27?,32-,33+,34+,35-/m0/s1. The molecule has 5 aliphatic carbocycles. The van der Waals surface area contributed by atoms with Crippen LogP contribution in [0.3, 0.4) is 0 Å². The summed E-state index contributed by atoms with van der Waals surface area (Å²) in [5, 5.41) is 3.64. The van der Waals surface area contributed by atoms with Gasteiger partial charge in [-0.3, -0.25) is 4.79 Å². The quantitative estimate of drug-likeness (QED) is 0.384. The first kappa shape index (κ1) is 28.7. The number of hydrogen-bond acceptors (Lipinski definition) is 3. The molecular formula is C35H57N3O2. The number of allylic oxidation sites excluding steroid dienone is 2. The van der Waals surface area contributed by atoms with E-state index >= 15 is 0 Å². The largest absolute Gasteiger partial charge is 0.335 e. The number of ketones is 1. The molecular weight excluding hydrogens is 494 g/mol. The number of fused-ring (bicyclic) bond motifs is 7. The molecule has 4 saturated carbocycles. The van der Waals surface area contributed by atoms with Crippen LogP contribution in [-0.4, -0.2) is 41.9 Å². The summed E-state index contributed by atoms with van der Waals surface area (Å²) < 4.78 is 0. The average Bonchev–Trinajstić information content (AvgIpc) is 3.41. The van der Waals surface area contributed by atoms with Gasteiger partial charge in [0.15, 0.2) is 5.78 Å². The summed E-state index contributed by atoms with van der Waals surface area (Å²) in [7, 11) is 0. The van der Waals surface area contributed by atoms with Gasteiger partial charge in [-0.15, -0.1) is 0 Å². The van der Waals surface area contributed by atoms with Gasteiger partial charge in [0.05, 0.1) is 0 Å². The van der Waals surface area contributed by atoms with Gasteiger partial charge in [-0.05, 0) is 114 Å². The fourth-order valence-corrected chi connectivity index (χ4v) is 12.3. The smallest absolute Gasteiger partial charge is 0.317 e. The fourth-order valence-electron chi connectivity index (χ4n) is 12.3. The molecule has 9 atom stereocenters. The van der Waals surface area contributed by atoms with Gasteiger partial charge in [0.2, 0.25) is 0 Å². The van der Waals surface area contributed by atoms with Crippen LogP contribution in [0.25, 0.3) is 0 Å². The zero-order chi connectivity index (χ0) is 29.0. The van der Waals surface area contributed by atoms with E-state index in [2.05, 4.69) is 60.7 Å². The monoisotopic (exact) mass is 551 g/mol. The fraction of sp³-hybridized carbons (Fsp3) is 0.886. The van der Waals surface area contributed by atoms with Crippen molar-refractivity contribution in [2.24, 2.45) is 56.5 Å². The van der Waals surface area contributed by atoms with Gasteiger partial charge < -0.3 is 16.0 Å². The first-order chi connectivity index (χ1) is 18.6. The second-order valence-corrected chi connectivity index (χ2v) is 17.1. The van der Waals surface area contributed by atoms with Crippen LogP contribution in [0.2, 0.25) is 0 Å². The normalized spacial score (nSPS) is 48.0. The van der Waals surface area contributed by atoms with Gasteiger partial charge >= 0.3 is 6.03 Å². The van der Waals surface area contributed by atoms with Gasteiger partial charge in [0.25, 0.3) is 0 Å². The van der Waals surface area contributed by atoms with Crippen LogP contribution in [0.1, 0.15) is 120 Å². The molecule has 40 heavy (non-hydrogen) atoms. The minimum Gasteiger partial charge on any atom is -0.335 e. The second kappa shape index (κ2) is 9.07. The van der Waals surface area contributed by atoms with Crippen molar-refractivity contribution in [3.63, 3.8) is 0 Å². The van der Waals surface area contributed by atoms with Crippen LogP contribution in [0, 0.1) is 50.7 Å². The third kappa shape index (κ3) is 3.73. The summed E-state index contributed by atoms with van der Waals surface area (Å²) in [4.78, 5) is 28.9. The highest BCUT2D eigenvalue weighted by molar-refractivity contribution is 6.00. The number of nitrogens with zero attached hydrogens (tertiary/aromatic N) is 1. The van der Waals surface area contributed by atoms with E-state index in [0.29, 0.717) is 36.0 Å². The first-order valence-electron chi connectivity index (χ1n) is 16.7. The molecule has 2 amide bonds. The highest BCUT2D eigenvalue weighted by atomic mass is 16.2. The lowest BCUT2D eigenvalue weighted by Gasteiger charge is -2.72. The van der Waals surface area contributed by atoms with Crippen LogP contribution in [-0.2, 0) is 4.79 Å². The number of nitrogens with two attached hydrogens (primary N) is 1. The van der Waals surface area contributed by atoms with E-state index < -0.39 is 0 Å². The maximum atomic E-state index is 13.6. The van der Waals surface area contributed by atoms with Crippen molar-refractivity contribution in [2.75, 3.05) is 13.1 Å². The van der Waals surface area contributed by atoms with Crippen LogP contribution >= 0.6 is 0 Å². The molecule has 0 aromatic heterocycles. The molecule has 0 spiro atoms. The van der Waals surface area contributed by atoms with Crippen molar-refractivity contribution >= 4 is 11.8 Å². The van der Waals surface area contributed by atoms with Crippen molar-refractivity contribution in [3.8, 4) is 0 Å². The Morgan fingerprint density at radius 1 is 0.900 bits per heavy atom. The van der Waals surface area contributed by atoms with Crippen LogP contribution in [0.15, 0.2) is 11.1 Å². The highest BCUT2D eigenvalue weighted by Crippen LogP contribution is 2.76. The number of nitrogens with one attached hydrogen (secondary N) is 1. The lowest BCUT2D eigenvalue weighted by Crippen LogP contribution is -2.69. The van der Waals surface area contributed by atoms with Crippen molar-refractivity contribution in [1.29, 1.82) is 0 Å². The number of carbonyl (C=O) groups excluding carboxylic acids is 2. The number of likely N-dealkylation sites (tertiary alicyclic amines) is 1. The summed E-state index contributed by atoms with van der Waals surface area (Å²) in [6, 6.07) is 0.415. The van der Waals surface area contributed by atoms with E-state index in [9.17, 15) is 9.59 Å². The number of amides is 2. The van der Waals surface area contributed by atoms with Gasteiger partial charge in [0.1, 0.15) is 0 Å². The molecule has 6 aliphatic rings. The summed E-state index contributed by atoms with van der Waals surface area (Å²) in [5.41, 5.74) is 9.70. The number of Topliss-reactive ketones (excluding diaryl/α,β-unsaturated/α-hetero) is 1. The summed E-state index contributed by atoms with van der Waals surface area (Å²) in [6.07, 6.45) is 11.1. The lowest BCUT2D eigenvalue weighted by atomic mass is 9.32. The molecule has 1 aliphatic heterocycles. The van der Waals surface area contributed by atoms with E-state index in [4.69, 9.17) is 5.73 Å². The molecule has 1 saturated heterocycles. The van der Waals surface area contributed by atoms with Crippen molar-refractivity contribution in [2.45, 2.75) is 132 Å². The Kier molecular flexibility index (Phi) is 6.52. The Labute approximate surface area is 243 Å². The predicted octanol–water partition coefficient (Wildman–Crippen LogP) is 7.10. The van der Waals surface area contributed by atoms with Gasteiger partial charge in [-0.2, -0.15) is 0 Å². The SMILES string of the molecule is CC(C)C1=C2[C@H]3CC[C@@H]4[C@@]5(C)C(NC(=O)N6CC[C@H](N)C6)CCC(C)(C)[C@@H]5CC[C@@]4(C)[C@]3(C)CC[C@@]2(C)CC1=O. The minimum absolute atomic E-state index is 0.0573. The molecule has 0 bridgehead atoms. The predicted molar refractivity (Wildman–Crippen MR) is 162 cm³/mol. The zero-order valence-electron chi connectivity index (χ0n) is 26.8. The van der Waals surface area contributed by atoms with Crippen molar-refractivity contribution in [3.05, 3.63) is 11.1 Å². The highest BCUT2D eigenvalue weighted by Gasteiger charge is 2.70. The third-order valence-corrected chi connectivity index (χ3v) is 14.5. The molecule has 1 unspecified atom stereocenters. The molecule has 0 aromatic rings. The third-order valence-electron chi connectivity index (χ3n) is 14.5. The van der Waals surface area contributed by atoms with Crippen molar-refractivity contribution < 1.29 is 9.59 Å². The molecule has 3 N–H and O–H groups in total. The number of carbonyl (C=O) groups is 2. The Morgan fingerprint density at radius 3 is 2.27 bits per heavy atom. The molecule has 0 radical (unpaired) electrons. The topological polar surface area (TPSA) is 75.4 Å². The lowest BCUT2D eigenvalue weighted by molar-refractivity contribution is -0.219.